The molecule has 2 fully saturated rings. The average molecular weight is 277 g/mol. The van der Waals surface area contributed by atoms with Crippen LogP contribution in [0.5, 0.6) is 12.0 Å². The van der Waals surface area contributed by atoms with Crippen molar-refractivity contribution in [2.24, 2.45) is 0 Å². The minimum absolute atomic E-state index is 0.142. The number of nitrogens with zero attached hydrogens (tertiary/aromatic N) is 3. The number of allylic oxidation sites excluding steroid dienone is 2. The monoisotopic (exact) mass is 277 g/mol. The molecule has 7 nitrogen and oxygen atoms in total. The van der Waals surface area contributed by atoms with Crippen LogP contribution in [0.2, 0.25) is 0 Å². The van der Waals surface area contributed by atoms with Crippen LogP contribution >= 0.6 is 0 Å². The Labute approximate surface area is 116 Å². The molecular formula is C13H15N3O4. The van der Waals surface area contributed by atoms with E-state index in [2.05, 4.69) is 21.5 Å². The summed E-state index contributed by atoms with van der Waals surface area (Å²) in [4.78, 5) is 12.4. The van der Waals surface area contributed by atoms with E-state index in [1.165, 1.54) is 0 Å². The van der Waals surface area contributed by atoms with Gasteiger partial charge in [-0.05, 0) is 6.08 Å². The molecule has 106 valence electrons. The molecule has 7 heteroatoms. The van der Waals surface area contributed by atoms with Crippen LogP contribution in [0.1, 0.15) is 5.82 Å². The van der Waals surface area contributed by atoms with E-state index >= 15 is 0 Å². The summed E-state index contributed by atoms with van der Waals surface area (Å²) < 4.78 is 21.1. The zero-order chi connectivity index (χ0) is 13.8. The van der Waals surface area contributed by atoms with Crippen LogP contribution < -0.4 is 9.47 Å². The average Bonchev–Trinajstić information content (AvgIpc) is 3.35. The number of hydrogen-bond donors (Lipinski definition) is 0. The van der Waals surface area contributed by atoms with E-state index in [1.807, 2.05) is 0 Å². The molecule has 0 radical (unpaired) electrons. The number of rotatable bonds is 8. The van der Waals surface area contributed by atoms with E-state index < -0.39 is 0 Å². The molecule has 3 rings (SSSR count). The predicted molar refractivity (Wildman–Crippen MR) is 69.5 cm³/mol. The zero-order valence-electron chi connectivity index (χ0n) is 10.9. The highest BCUT2D eigenvalue weighted by molar-refractivity contribution is 5.42. The Morgan fingerprint density at radius 2 is 1.60 bits per heavy atom. The lowest BCUT2D eigenvalue weighted by Crippen LogP contribution is -2.11. The third-order valence-corrected chi connectivity index (χ3v) is 2.59. The lowest BCUT2D eigenvalue weighted by Gasteiger charge is -2.06. The van der Waals surface area contributed by atoms with E-state index in [0.29, 0.717) is 19.0 Å². The first-order valence-corrected chi connectivity index (χ1v) is 6.37. The molecule has 2 unspecified atom stereocenters. The van der Waals surface area contributed by atoms with Crippen LogP contribution in [0.15, 0.2) is 18.7 Å². The lowest BCUT2D eigenvalue weighted by atomic mass is 10.4. The highest BCUT2D eigenvalue weighted by Crippen LogP contribution is 2.16. The van der Waals surface area contributed by atoms with Crippen molar-refractivity contribution in [3.05, 3.63) is 24.6 Å². The zero-order valence-corrected chi connectivity index (χ0v) is 10.9. The van der Waals surface area contributed by atoms with Crippen LogP contribution in [-0.4, -0.2) is 53.6 Å². The molecule has 1 aromatic heterocycles. The molecule has 1 aromatic rings. The highest BCUT2D eigenvalue weighted by atomic mass is 16.6. The number of epoxide rings is 2. The number of ether oxygens (including phenoxy) is 4. The van der Waals surface area contributed by atoms with Crippen molar-refractivity contribution in [1.82, 2.24) is 15.0 Å². The summed E-state index contributed by atoms with van der Waals surface area (Å²) in [7, 11) is 0. The third kappa shape index (κ3) is 4.01. The summed E-state index contributed by atoms with van der Waals surface area (Å²) >= 11 is 0. The summed E-state index contributed by atoms with van der Waals surface area (Å²) in [6.07, 6.45) is 5.36. The predicted octanol–water partition coefficient (Wildman–Crippen LogP) is 0.626. The molecule has 0 amide bonds. The van der Waals surface area contributed by atoms with Crippen molar-refractivity contribution in [3.63, 3.8) is 0 Å². The fourth-order valence-corrected chi connectivity index (χ4v) is 1.37. The van der Waals surface area contributed by atoms with Gasteiger partial charge in [-0.1, -0.05) is 18.7 Å². The molecular weight excluding hydrogens is 262 g/mol. The maximum atomic E-state index is 5.46. The van der Waals surface area contributed by atoms with Crippen molar-refractivity contribution >= 4 is 6.08 Å². The molecule has 2 atom stereocenters. The summed E-state index contributed by atoms with van der Waals surface area (Å²) in [5.74, 6) is 0.457. The maximum Gasteiger partial charge on any atom is 0.323 e. The van der Waals surface area contributed by atoms with Gasteiger partial charge in [0.1, 0.15) is 25.4 Å². The minimum atomic E-state index is 0.142. The standard InChI is InChI=1S/C13H15N3O4/c1-2-3-4-11-14-12(19-7-9-5-17-9)16-13(15-11)20-8-10-6-18-10/h2-4,9-10H,1,5-8H2/b4-3-. The van der Waals surface area contributed by atoms with Gasteiger partial charge in [0, 0.05) is 0 Å². The van der Waals surface area contributed by atoms with Crippen LogP contribution in [0.25, 0.3) is 6.08 Å². The Morgan fingerprint density at radius 1 is 1.05 bits per heavy atom. The van der Waals surface area contributed by atoms with Gasteiger partial charge in [0.05, 0.1) is 13.2 Å². The Balaban J connectivity index is 1.69. The largest absolute Gasteiger partial charge is 0.460 e. The topological polar surface area (TPSA) is 82.2 Å². The molecule has 2 aliphatic rings. The van der Waals surface area contributed by atoms with Gasteiger partial charge in [0.15, 0.2) is 5.82 Å². The molecule has 0 saturated carbocycles. The fraction of sp³-hybridized carbons (Fsp3) is 0.462. The minimum Gasteiger partial charge on any atom is -0.460 e. The highest BCUT2D eigenvalue weighted by Gasteiger charge is 2.25. The molecule has 2 saturated heterocycles. The molecule has 20 heavy (non-hydrogen) atoms. The van der Waals surface area contributed by atoms with Crippen LogP contribution in [0, 0.1) is 0 Å². The van der Waals surface area contributed by atoms with Gasteiger partial charge in [0.25, 0.3) is 0 Å². The second kappa shape index (κ2) is 5.98. The third-order valence-electron chi connectivity index (χ3n) is 2.59. The van der Waals surface area contributed by atoms with Gasteiger partial charge in [-0.15, -0.1) is 4.98 Å². The van der Waals surface area contributed by atoms with E-state index in [4.69, 9.17) is 18.9 Å². The summed E-state index contributed by atoms with van der Waals surface area (Å²) in [6, 6.07) is 0.455. The number of hydrogen-bond acceptors (Lipinski definition) is 7. The van der Waals surface area contributed by atoms with Crippen LogP contribution in [0.4, 0.5) is 0 Å². The SMILES string of the molecule is C=C/C=C\c1nc(OCC2CO2)nc(OCC2CO2)n1. The van der Waals surface area contributed by atoms with Gasteiger partial charge in [-0.3, -0.25) is 0 Å². The van der Waals surface area contributed by atoms with Gasteiger partial charge in [0.2, 0.25) is 0 Å². The molecule has 0 aromatic carbocycles. The molecule has 0 spiro atoms. The van der Waals surface area contributed by atoms with Crippen molar-refractivity contribution in [3.8, 4) is 12.0 Å². The van der Waals surface area contributed by atoms with E-state index in [0.717, 1.165) is 13.2 Å². The van der Waals surface area contributed by atoms with Crippen molar-refractivity contribution in [1.29, 1.82) is 0 Å². The Bertz CT molecular complexity index is 478. The smallest absolute Gasteiger partial charge is 0.323 e. The van der Waals surface area contributed by atoms with E-state index in [9.17, 15) is 0 Å². The van der Waals surface area contributed by atoms with Gasteiger partial charge < -0.3 is 18.9 Å². The molecule has 0 aliphatic carbocycles. The normalized spacial score (nSPS) is 23.6. The van der Waals surface area contributed by atoms with Crippen molar-refractivity contribution in [2.45, 2.75) is 12.2 Å². The van der Waals surface area contributed by atoms with Crippen molar-refractivity contribution < 1.29 is 18.9 Å². The van der Waals surface area contributed by atoms with Crippen LogP contribution in [0.3, 0.4) is 0 Å². The summed E-state index contributed by atoms with van der Waals surface area (Å²) in [5.41, 5.74) is 0. The molecule has 0 N–H and O–H groups in total. The van der Waals surface area contributed by atoms with Gasteiger partial charge in [-0.2, -0.15) is 9.97 Å². The Morgan fingerprint density at radius 3 is 2.05 bits per heavy atom. The summed E-state index contributed by atoms with van der Waals surface area (Å²) in [5, 5.41) is 0. The van der Waals surface area contributed by atoms with E-state index in [1.54, 1.807) is 18.2 Å². The Hall–Kier alpha value is -1.99. The second-order valence-corrected chi connectivity index (χ2v) is 4.39. The first-order chi connectivity index (χ1) is 9.83. The lowest BCUT2D eigenvalue weighted by molar-refractivity contribution is 0.224. The summed E-state index contributed by atoms with van der Waals surface area (Å²) in [6.45, 7) is 5.90. The first-order valence-electron chi connectivity index (χ1n) is 6.37. The van der Waals surface area contributed by atoms with Crippen LogP contribution in [-0.2, 0) is 9.47 Å². The Kier molecular flexibility index (Phi) is 3.89. The van der Waals surface area contributed by atoms with E-state index in [-0.39, 0.29) is 24.2 Å². The molecule has 3 heterocycles. The number of aromatic nitrogens is 3. The molecule has 0 bridgehead atoms. The first kappa shape index (κ1) is 13.0. The molecule has 2 aliphatic heterocycles. The van der Waals surface area contributed by atoms with Gasteiger partial charge in [-0.25, -0.2) is 0 Å². The van der Waals surface area contributed by atoms with Gasteiger partial charge >= 0.3 is 12.0 Å². The quantitative estimate of drug-likeness (QED) is 0.509. The maximum absolute atomic E-state index is 5.46. The fourth-order valence-electron chi connectivity index (χ4n) is 1.37. The second-order valence-electron chi connectivity index (χ2n) is 4.39. The van der Waals surface area contributed by atoms with Crippen molar-refractivity contribution in [2.75, 3.05) is 26.4 Å².